The van der Waals surface area contributed by atoms with Crippen LogP contribution in [-0.4, -0.2) is 53.6 Å². The molecule has 0 atom stereocenters. The molecule has 5 nitrogen and oxygen atoms in total. The maximum Gasteiger partial charge on any atom is 0.410 e. The van der Waals surface area contributed by atoms with Crippen molar-refractivity contribution in [2.75, 3.05) is 20.1 Å². The SMILES string of the molecule is CN(C(=O)OC(C)(C)C)C1CCN(C(=O)Cc2ccc(F)c(Br)c2)CC1. The Morgan fingerprint density at radius 2 is 1.92 bits per heavy atom. The number of piperidine rings is 1. The van der Waals surface area contributed by atoms with Crippen LogP contribution in [-0.2, 0) is 16.0 Å². The molecule has 1 saturated heterocycles. The largest absolute Gasteiger partial charge is 0.444 e. The number of hydrogen-bond acceptors (Lipinski definition) is 3. The van der Waals surface area contributed by atoms with Gasteiger partial charge in [-0.1, -0.05) is 6.07 Å². The monoisotopic (exact) mass is 428 g/mol. The maximum atomic E-state index is 13.3. The topological polar surface area (TPSA) is 49.9 Å². The molecule has 0 unspecified atom stereocenters. The van der Waals surface area contributed by atoms with E-state index in [4.69, 9.17) is 4.74 Å². The number of carbonyl (C=O) groups excluding carboxylic acids is 2. The average Bonchev–Trinajstić information content (AvgIpc) is 2.56. The molecule has 1 aromatic carbocycles. The number of rotatable bonds is 3. The predicted octanol–water partition coefficient (Wildman–Crippen LogP) is 3.99. The van der Waals surface area contributed by atoms with Crippen LogP contribution in [0.2, 0.25) is 0 Å². The summed E-state index contributed by atoms with van der Waals surface area (Å²) >= 11 is 3.14. The van der Waals surface area contributed by atoms with Crippen LogP contribution in [0.25, 0.3) is 0 Å². The third-order valence-corrected chi connectivity index (χ3v) is 4.99. The van der Waals surface area contributed by atoms with Gasteiger partial charge in [0.2, 0.25) is 5.91 Å². The van der Waals surface area contributed by atoms with E-state index in [1.165, 1.54) is 6.07 Å². The smallest absolute Gasteiger partial charge is 0.410 e. The molecule has 0 bridgehead atoms. The number of carbonyl (C=O) groups is 2. The lowest BCUT2D eigenvalue weighted by Crippen LogP contribution is -2.48. The normalized spacial score (nSPS) is 15.7. The van der Waals surface area contributed by atoms with Crippen molar-refractivity contribution >= 4 is 27.9 Å². The Balaban J connectivity index is 1.86. The summed E-state index contributed by atoms with van der Waals surface area (Å²) in [6.07, 6.45) is 1.34. The first-order chi connectivity index (χ1) is 12.1. The highest BCUT2D eigenvalue weighted by atomic mass is 79.9. The van der Waals surface area contributed by atoms with Crippen LogP contribution in [0.1, 0.15) is 39.2 Å². The molecule has 0 aromatic heterocycles. The number of nitrogens with zero attached hydrogens (tertiary/aromatic N) is 2. The second kappa shape index (κ2) is 8.37. The predicted molar refractivity (Wildman–Crippen MR) is 101 cm³/mol. The molecular weight excluding hydrogens is 403 g/mol. The van der Waals surface area contributed by atoms with Crippen molar-refractivity contribution in [3.05, 3.63) is 34.1 Å². The van der Waals surface area contributed by atoms with Crippen LogP contribution in [0.15, 0.2) is 22.7 Å². The number of hydrogen-bond donors (Lipinski definition) is 0. The van der Waals surface area contributed by atoms with E-state index in [2.05, 4.69) is 15.9 Å². The van der Waals surface area contributed by atoms with Crippen LogP contribution in [0.5, 0.6) is 0 Å². The summed E-state index contributed by atoms with van der Waals surface area (Å²) in [5.41, 5.74) is 0.252. The highest BCUT2D eigenvalue weighted by molar-refractivity contribution is 9.10. The van der Waals surface area contributed by atoms with Gasteiger partial charge in [0, 0.05) is 26.2 Å². The summed E-state index contributed by atoms with van der Waals surface area (Å²) in [5.74, 6) is -0.325. The molecule has 1 aliphatic rings. The first kappa shape index (κ1) is 20.7. The Labute approximate surface area is 162 Å². The maximum absolute atomic E-state index is 13.3. The van der Waals surface area contributed by atoms with E-state index < -0.39 is 5.60 Å². The van der Waals surface area contributed by atoms with Gasteiger partial charge in [0.15, 0.2) is 0 Å². The highest BCUT2D eigenvalue weighted by Crippen LogP contribution is 2.21. The molecule has 1 aliphatic heterocycles. The van der Waals surface area contributed by atoms with Gasteiger partial charge in [0.1, 0.15) is 11.4 Å². The van der Waals surface area contributed by atoms with Crippen LogP contribution in [0, 0.1) is 5.82 Å². The fraction of sp³-hybridized carbons (Fsp3) is 0.579. The van der Waals surface area contributed by atoms with Gasteiger partial charge in [-0.25, -0.2) is 9.18 Å². The number of ether oxygens (including phenoxy) is 1. The van der Waals surface area contributed by atoms with Crippen molar-refractivity contribution in [2.45, 2.75) is 51.7 Å². The first-order valence-corrected chi connectivity index (χ1v) is 9.53. The minimum atomic E-state index is -0.522. The van der Waals surface area contributed by atoms with E-state index in [0.29, 0.717) is 30.4 Å². The molecule has 1 aromatic rings. The molecule has 1 heterocycles. The minimum absolute atomic E-state index is 0.0156. The fourth-order valence-corrected chi connectivity index (χ4v) is 3.35. The molecule has 0 radical (unpaired) electrons. The van der Waals surface area contributed by atoms with E-state index in [1.807, 2.05) is 20.8 Å². The molecule has 7 heteroatoms. The van der Waals surface area contributed by atoms with Crippen molar-refractivity contribution in [1.82, 2.24) is 9.80 Å². The number of benzene rings is 1. The lowest BCUT2D eigenvalue weighted by molar-refractivity contribution is -0.131. The third-order valence-electron chi connectivity index (χ3n) is 4.39. The van der Waals surface area contributed by atoms with E-state index in [0.717, 1.165) is 5.56 Å². The van der Waals surface area contributed by atoms with Crippen LogP contribution < -0.4 is 0 Å². The van der Waals surface area contributed by atoms with Crippen LogP contribution in [0.4, 0.5) is 9.18 Å². The van der Waals surface area contributed by atoms with Gasteiger partial charge in [0.25, 0.3) is 0 Å². The quantitative estimate of drug-likeness (QED) is 0.730. The summed E-state index contributed by atoms with van der Waals surface area (Å²) in [4.78, 5) is 28.1. The van der Waals surface area contributed by atoms with Gasteiger partial charge in [-0.05, 0) is 67.2 Å². The van der Waals surface area contributed by atoms with Gasteiger partial charge in [-0.15, -0.1) is 0 Å². The van der Waals surface area contributed by atoms with E-state index in [-0.39, 0.29) is 30.3 Å². The molecule has 2 rings (SSSR count). The summed E-state index contributed by atoms with van der Waals surface area (Å²) < 4.78 is 19.1. The van der Waals surface area contributed by atoms with E-state index in [1.54, 1.807) is 29.0 Å². The van der Waals surface area contributed by atoms with E-state index >= 15 is 0 Å². The minimum Gasteiger partial charge on any atom is -0.444 e. The third kappa shape index (κ3) is 5.69. The standard InChI is InChI=1S/C19H26BrFN2O3/c1-19(2,3)26-18(25)22(4)14-7-9-23(10-8-14)17(24)12-13-5-6-16(21)15(20)11-13/h5-6,11,14H,7-10,12H2,1-4H3. The summed E-state index contributed by atoms with van der Waals surface area (Å²) in [5, 5.41) is 0. The highest BCUT2D eigenvalue weighted by Gasteiger charge is 2.29. The Bertz CT molecular complexity index is 667. The van der Waals surface area contributed by atoms with Crippen molar-refractivity contribution in [3.63, 3.8) is 0 Å². The molecule has 0 spiro atoms. The Morgan fingerprint density at radius 3 is 2.46 bits per heavy atom. The molecule has 0 N–H and O–H groups in total. The zero-order valence-electron chi connectivity index (χ0n) is 15.7. The van der Waals surface area contributed by atoms with Crippen molar-refractivity contribution < 1.29 is 18.7 Å². The molecular formula is C19H26BrFN2O3. The van der Waals surface area contributed by atoms with Gasteiger partial charge >= 0.3 is 6.09 Å². The van der Waals surface area contributed by atoms with Gasteiger partial charge < -0.3 is 14.5 Å². The molecule has 0 aliphatic carbocycles. The Kier molecular flexibility index (Phi) is 6.66. The second-order valence-electron chi connectivity index (χ2n) is 7.63. The van der Waals surface area contributed by atoms with Crippen LogP contribution in [0.3, 0.4) is 0 Å². The molecule has 26 heavy (non-hydrogen) atoms. The molecule has 1 fully saturated rings. The molecule has 144 valence electrons. The zero-order chi connectivity index (χ0) is 19.5. The van der Waals surface area contributed by atoms with Crippen molar-refractivity contribution in [1.29, 1.82) is 0 Å². The average molecular weight is 429 g/mol. The lowest BCUT2D eigenvalue weighted by Gasteiger charge is -2.37. The number of likely N-dealkylation sites (tertiary alicyclic amines) is 1. The summed E-state index contributed by atoms with van der Waals surface area (Å²) in [7, 11) is 1.74. The van der Waals surface area contributed by atoms with Gasteiger partial charge in [0.05, 0.1) is 10.9 Å². The first-order valence-electron chi connectivity index (χ1n) is 8.74. The fourth-order valence-electron chi connectivity index (χ4n) is 2.92. The zero-order valence-corrected chi connectivity index (χ0v) is 17.3. The Morgan fingerprint density at radius 1 is 1.31 bits per heavy atom. The number of amides is 2. The van der Waals surface area contributed by atoms with Crippen LogP contribution >= 0.6 is 15.9 Å². The molecule has 0 saturated carbocycles. The van der Waals surface area contributed by atoms with Crippen molar-refractivity contribution in [2.24, 2.45) is 0 Å². The van der Waals surface area contributed by atoms with E-state index in [9.17, 15) is 14.0 Å². The molecule has 2 amide bonds. The number of halogens is 2. The lowest BCUT2D eigenvalue weighted by atomic mass is 10.0. The summed E-state index contributed by atoms with van der Waals surface area (Å²) in [6.45, 7) is 6.72. The van der Waals surface area contributed by atoms with Gasteiger partial charge in [-0.2, -0.15) is 0 Å². The van der Waals surface area contributed by atoms with Crippen molar-refractivity contribution in [3.8, 4) is 0 Å². The second-order valence-corrected chi connectivity index (χ2v) is 8.48. The Hall–Kier alpha value is -1.63. The summed E-state index contributed by atoms with van der Waals surface area (Å²) in [6, 6.07) is 4.68. The van der Waals surface area contributed by atoms with Gasteiger partial charge in [-0.3, -0.25) is 4.79 Å².